The van der Waals surface area contributed by atoms with Crippen LogP contribution in [-0.4, -0.2) is 25.1 Å². The van der Waals surface area contributed by atoms with Crippen molar-refractivity contribution in [1.29, 1.82) is 0 Å². The van der Waals surface area contributed by atoms with Crippen molar-refractivity contribution in [2.45, 2.75) is 32.7 Å². The highest BCUT2D eigenvalue weighted by Gasteiger charge is 2.33. The molecule has 0 amide bonds. The van der Waals surface area contributed by atoms with E-state index in [4.69, 9.17) is 0 Å². The van der Waals surface area contributed by atoms with E-state index in [1.165, 1.54) is 12.5 Å². The second kappa shape index (κ2) is 7.07. The third-order valence-corrected chi connectivity index (χ3v) is 4.04. The Labute approximate surface area is 128 Å². The number of hydrogen-bond donors (Lipinski definition) is 2. The molecule has 0 radical (unpaired) electrons. The number of hydrogen-bond acceptors (Lipinski definition) is 1. The molecular weight excluding hydrogens is 321 g/mol. The molecule has 0 aliphatic heterocycles. The van der Waals surface area contributed by atoms with Gasteiger partial charge in [-0.2, -0.15) is 0 Å². The van der Waals surface area contributed by atoms with Crippen LogP contribution in [-0.2, 0) is 6.42 Å². The molecule has 2 unspecified atom stereocenters. The van der Waals surface area contributed by atoms with Gasteiger partial charge in [-0.05, 0) is 59.3 Å². The van der Waals surface area contributed by atoms with Crippen LogP contribution in [0.15, 0.2) is 27.7 Å². The molecule has 1 aromatic rings. The van der Waals surface area contributed by atoms with Gasteiger partial charge in [-0.25, -0.2) is 4.39 Å². The number of benzene rings is 1. The predicted molar refractivity (Wildman–Crippen MR) is 84.5 cm³/mol. The van der Waals surface area contributed by atoms with Crippen LogP contribution in [0.25, 0.3) is 0 Å². The molecule has 2 N–H and O–H groups in total. The van der Waals surface area contributed by atoms with Gasteiger partial charge in [0.1, 0.15) is 5.82 Å². The van der Waals surface area contributed by atoms with Gasteiger partial charge in [0.15, 0.2) is 5.96 Å². The molecule has 3 nitrogen and oxygen atoms in total. The van der Waals surface area contributed by atoms with E-state index in [1.807, 2.05) is 6.07 Å². The first kappa shape index (κ1) is 15.3. The summed E-state index contributed by atoms with van der Waals surface area (Å²) in [5.41, 5.74) is 1.08. The van der Waals surface area contributed by atoms with Gasteiger partial charge in [-0.3, -0.25) is 4.99 Å². The number of nitrogens with one attached hydrogen (secondary N) is 2. The van der Waals surface area contributed by atoms with E-state index >= 15 is 0 Å². The third kappa shape index (κ3) is 4.47. The minimum atomic E-state index is -0.227. The number of nitrogens with zero attached hydrogens (tertiary/aromatic N) is 1. The topological polar surface area (TPSA) is 36.4 Å². The average Bonchev–Trinajstić information content (AvgIpc) is 3.09. The molecule has 0 spiro atoms. The van der Waals surface area contributed by atoms with Crippen molar-refractivity contribution < 1.29 is 4.39 Å². The lowest BCUT2D eigenvalue weighted by atomic mass is 10.1. The molecular formula is C15H21BrFN3. The van der Waals surface area contributed by atoms with Crippen molar-refractivity contribution in [2.24, 2.45) is 10.9 Å². The highest BCUT2D eigenvalue weighted by Crippen LogP contribution is 2.28. The Balaban J connectivity index is 1.86. The molecule has 1 fully saturated rings. The standard InChI is InChI=1S/C15H21BrFN3/c1-3-18-15(20-14-8-10(14)2)19-7-6-11-4-5-13(17)12(16)9-11/h4-5,9-10,14H,3,6-8H2,1-2H3,(H2,18,19,20). The smallest absolute Gasteiger partial charge is 0.191 e. The number of guanidine groups is 1. The van der Waals surface area contributed by atoms with Crippen LogP contribution in [0.1, 0.15) is 25.8 Å². The molecule has 0 heterocycles. The summed E-state index contributed by atoms with van der Waals surface area (Å²) in [7, 11) is 0. The summed E-state index contributed by atoms with van der Waals surface area (Å²) >= 11 is 3.20. The van der Waals surface area contributed by atoms with Crippen LogP contribution < -0.4 is 10.6 Å². The largest absolute Gasteiger partial charge is 0.357 e. The maximum Gasteiger partial charge on any atom is 0.191 e. The number of halogens is 2. The summed E-state index contributed by atoms with van der Waals surface area (Å²) in [5, 5.41) is 6.67. The van der Waals surface area contributed by atoms with Crippen LogP contribution in [0.4, 0.5) is 4.39 Å². The lowest BCUT2D eigenvalue weighted by Crippen LogP contribution is -2.39. The Morgan fingerprint density at radius 1 is 1.50 bits per heavy atom. The zero-order valence-corrected chi connectivity index (χ0v) is 13.5. The maximum atomic E-state index is 13.1. The Kier molecular flexibility index (Phi) is 5.40. The Morgan fingerprint density at radius 3 is 2.85 bits per heavy atom. The zero-order chi connectivity index (χ0) is 14.5. The van der Waals surface area contributed by atoms with Crippen molar-refractivity contribution >= 4 is 21.9 Å². The summed E-state index contributed by atoms with van der Waals surface area (Å²) in [6.07, 6.45) is 2.02. The van der Waals surface area contributed by atoms with Gasteiger partial charge in [0, 0.05) is 19.1 Å². The van der Waals surface area contributed by atoms with E-state index in [0.29, 0.717) is 17.1 Å². The first-order valence-corrected chi connectivity index (χ1v) is 7.88. The highest BCUT2D eigenvalue weighted by molar-refractivity contribution is 9.10. The molecule has 0 saturated heterocycles. The highest BCUT2D eigenvalue weighted by atomic mass is 79.9. The normalized spacial score (nSPS) is 21.7. The number of rotatable bonds is 5. The fourth-order valence-corrected chi connectivity index (χ4v) is 2.44. The second-order valence-corrected chi connectivity index (χ2v) is 6.08. The van der Waals surface area contributed by atoms with E-state index in [1.54, 1.807) is 6.07 Å². The monoisotopic (exact) mass is 341 g/mol. The van der Waals surface area contributed by atoms with Gasteiger partial charge in [0.25, 0.3) is 0 Å². The molecule has 0 aromatic heterocycles. The maximum absolute atomic E-state index is 13.1. The Bertz CT molecular complexity index is 490. The molecule has 0 bridgehead atoms. The summed E-state index contributed by atoms with van der Waals surface area (Å²) in [6.45, 7) is 5.84. The molecule has 5 heteroatoms. The van der Waals surface area contributed by atoms with Crippen LogP contribution in [0.2, 0.25) is 0 Å². The van der Waals surface area contributed by atoms with Crippen LogP contribution in [0.3, 0.4) is 0 Å². The summed E-state index contributed by atoms with van der Waals surface area (Å²) < 4.78 is 13.7. The van der Waals surface area contributed by atoms with E-state index in [2.05, 4.69) is 45.4 Å². The van der Waals surface area contributed by atoms with Gasteiger partial charge in [0.05, 0.1) is 4.47 Å². The molecule has 2 rings (SSSR count). The van der Waals surface area contributed by atoms with Crippen molar-refractivity contribution in [3.8, 4) is 0 Å². The van der Waals surface area contributed by atoms with Gasteiger partial charge < -0.3 is 10.6 Å². The fraction of sp³-hybridized carbons (Fsp3) is 0.533. The quantitative estimate of drug-likeness (QED) is 0.637. The lowest BCUT2D eigenvalue weighted by molar-refractivity contribution is 0.620. The summed E-state index contributed by atoms with van der Waals surface area (Å²) in [6, 6.07) is 5.67. The van der Waals surface area contributed by atoms with E-state index in [9.17, 15) is 4.39 Å². The van der Waals surface area contributed by atoms with Crippen molar-refractivity contribution in [1.82, 2.24) is 10.6 Å². The van der Waals surface area contributed by atoms with Gasteiger partial charge >= 0.3 is 0 Å². The zero-order valence-electron chi connectivity index (χ0n) is 11.9. The summed E-state index contributed by atoms with van der Waals surface area (Å²) in [5.74, 6) is 1.39. The van der Waals surface area contributed by atoms with Crippen molar-refractivity contribution in [3.63, 3.8) is 0 Å². The molecule has 1 aromatic carbocycles. The number of aliphatic imine (C=N–C) groups is 1. The molecule has 1 aliphatic carbocycles. The minimum absolute atomic E-state index is 0.227. The van der Waals surface area contributed by atoms with E-state index < -0.39 is 0 Å². The molecule has 2 atom stereocenters. The second-order valence-electron chi connectivity index (χ2n) is 5.22. The van der Waals surface area contributed by atoms with E-state index in [0.717, 1.165) is 30.4 Å². The van der Waals surface area contributed by atoms with Crippen molar-refractivity contribution in [2.75, 3.05) is 13.1 Å². The van der Waals surface area contributed by atoms with Crippen LogP contribution in [0, 0.1) is 11.7 Å². The van der Waals surface area contributed by atoms with E-state index in [-0.39, 0.29) is 5.82 Å². The summed E-state index contributed by atoms with van der Waals surface area (Å²) in [4.78, 5) is 4.56. The first-order valence-electron chi connectivity index (χ1n) is 7.09. The molecule has 110 valence electrons. The Morgan fingerprint density at radius 2 is 2.25 bits per heavy atom. The molecule has 1 aliphatic rings. The average molecular weight is 342 g/mol. The van der Waals surface area contributed by atoms with Crippen LogP contribution in [0.5, 0.6) is 0 Å². The first-order chi connectivity index (χ1) is 9.60. The van der Waals surface area contributed by atoms with Gasteiger partial charge in [-0.15, -0.1) is 0 Å². The van der Waals surface area contributed by atoms with Crippen molar-refractivity contribution in [3.05, 3.63) is 34.1 Å². The fourth-order valence-electron chi connectivity index (χ4n) is 2.01. The van der Waals surface area contributed by atoms with Gasteiger partial charge in [0.2, 0.25) is 0 Å². The van der Waals surface area contributed by atoms with Crippen LogP contribution >= 0.6 is 15.9 Å². The predicted octanol–water partition coefficient (Wildman–Crippen LogP) is 3.09. The van der Waals surface area contributed by atoms with Gasteiger partial charge in [-0.1, -0.05) is 13.0 Å². The minimum Gasteiger partial charge on any atom is -0.357 e. The SMILES string of the molecule is CCNC(=NCCc1ccc(F)c(Br)c1)NC1CC1C. The molecule has 20 heavy (non-hydrogen) atoms. The molecule has 1 saturated carbocycles. The lowest BCUT2D eigenvalue weighted by Gasteiger charge is -2.10. The Hall–Kier alpha value is -1.10. The third-order valence-electron chi connectivity index (χ3n) is 3.43.